The average Bonchev–Trinajstić information content (AvgIpc) is 2.30. The molecule has 5 heteroatoms. The van der Waals surface area contributed by atoms with Gasteiger partial charge in [0.2, 0.25) is 0 Å². The minimum atomic E-state index is -0.846. The number of hydrogen-bond acceptors (Lipinski definition) is 3. The van der Waals surface area contributed by atoms with Gasteiger partial charge in [-0.3, -0.25) is 4.79 Å². The number of hydrogen-bond donors (Lipinski definition) is 2. The Morgan fingerprint density at radius 1 is 1.44 bits per heavy atom. The Morgan fingerprint density at radius 3 is 2.67 bits per heavy atom. The minimum Gasteiger partial charge on any atom is -0.480 e. The Balaban J connectivity index is 2.34. The summed E-state index contributed by atoms with van der Waals surface area (Å²) in [6.07, 6.45) is 0. The fraction of sp³-hybridized carbons (Fsp3) is 0.462. The van der Waals surface area contributed by atoms with Crippen molar-refractivity contribution in [1.82, 2.24) is 5.32 Å². The van der Waals surface area contributed by atoms with Crippen LogP contribution in [0.3, 0.4) is 0 Å². The summed E-state index contributed by atoms with van der Waals surface area (Å²) in [4.78, 5) is 11.5. The van der Waals surface area contributed by atoms with Gasteiger partial charge in [0.1, 0.15) is 11.9 Å². The zero-order valence-electron chi connectivity index (χ0n) is 10.5. The molecule has 18 heavy (non-hydrogen) atoms. The maximum absolute atomic E-state index is 13.3. The number of thioether (sulfide) groups is 1. The monoisotopic (exact) mass is 271 g/mol. The highest BCUT2D eigenvalue weighted by Crippen LogP contribution is 2.20. The molecular formula is C13H18FNO2S. The number of benzene rings is 1. The molecule has 1 aromatic carbocycles. The average molecular weight is 271 g/mol. The van der Waals surface area contributed by atoms with Gasteiger partial charge in [-0.1, -0.05) is 26.0 Å². The molecule has 0 aromatic heterocycles. The van der Waals surface area contributed by atoms with Gasteiger partial charge in [-0.2, -0.15) is 0 Å². The molecule has 0 aliphatic carbocycles. The van der Waals surface area contributed by atoms with Crippen molar-refractivity contribution in [2.24, 2.45) is 5.92 Å². The van der Waals surface area contributed by atoms with Crippen LogP contribution < -0.4 is 5.32 Å². The van der Waals surface area contributed by atoms with Crippen LogP contribution in [0.5, 0.6) is 0 Å². The van der Waals surface area contributed by atoms with Gasteiger partial charge in [-0.15, -0.1) is 11.8 Å². The standard InChI is InChI=1S/C13H18FNO2S/c1-9(2)12(13(16)17)15-7-8-18-11-6-4-3-5-10(11)14/h3-6,9,12,15H,7-8H2,1-2H3,(H,16,17). The van der Waals surface area contributed by atoms with Crippen LogP contribution in [-0.2, 0) is 4.79 Å². The highest BCUT2D eigenvalue weighted by Gasteiger charge is 2.19. The molecule has 0 aliphatic heterocycles. The summed E-state index contributed by atoms with van der Waals surface area (Å²) >= 11 is 1.38. The third-order valence-corrected chi connectivity index (χ3v) is 3.54. The summed E-state index contributed by atoms with van der Waals surface area (Å²) in [5, 5.41) is 11.9. The van der Waals surface area contributed by atoms with Crippen molar-refractivity contribution in [2.75, 3.05) is 12.3 Å². The molecule has 100 valence electrons. The van der Waals surface area contributed by atoms with Gasteiger partial charge in [0.05, 0.1) is 0 Å². The quantitative estimate of drug-likeness (QED) is 0.591. The Bertz CT molecular complexity index is 398. The van der Waals surface area contributed by atoms with E-state index in [2.05, 4.69) is 5.32 Å². The first kappa shape index (κ1) is 15.0. The Labute approximate surface area is 111 Å². The molecule has 1 rings (SSSR count). The van der Waals surface area contributed by atoms with Gasteiger partial charge in [0.15, 0.2) is 0 Å². The minimum absolute atomic E-state index is 0.0287. The number of carbonyl (C=O) groups is 1. The van der Waals surface area contributed by atoms with E-state index >= 15 is 0 Å². The lowest BCUT2D eigenvalue weighted by molar-refractivity contribution is -0.140. The second-order valence-corrected chi connectivity index (χ2v) is 5.43. The van der Waals surface area contributed by atoms with E-state index in [0.29, 0.717) is 17.2 Å². The Hall–Kier alpha value is -1.07. The van der Waals surface area contributed by atoms with Gasteiger partial charge < -0.3 is 10.4 Å². The maximum Gasteiger partial charge on any atom is 0.320 e. The molecule has 3 nitrogen and oxygen atoms in total. The lowest BCUT2D eigenvalue weighted by atomic mass is 10.1. The van der Waals surface area contributed by atoms with E-state index in [4.69, 9.17) is 5.11 Å². The number of halogens is 1. The summed E-state index contributed by atoms with van der Waals surface area (Å²) in [5.74, 6) is -0.416. The molecule has 1 atom stereocenters. The van der Waals surface area contributed by atoms with Crippen LogP contribution in [0.1, 0.15) is 13.8 Å². The molecular weight excluding hydrogens is 253 g/mol. The van der Waals surface area contributed by atoms with Crippen molar-refractivity contribution in [3.05, 3.63) is 30.1 Å². The van der Waals surface area contributed by atoms with Gasteiger partial charge in [-0.05, 0) is 18.1 Å². The van der Waals surface area contributed by atoms with Crippen LogP contribution in [0.25, 0.3) is 0 Å². The highest BCUT2D eigenvalue weighted by atomic mass is 32.2. The third kappa shape index (κ3) is 4.66. The van der Waals surface area contributed by atoms with Gasteiger partial charge in [0, 0.05) is 17.2 Å². The molecule has 1 unspecified atom stereocenters. The largest absolute Gasteiger partial charge is 0.480 e. The lowest BCUT2D eigenvalue weighted by Gasteiger charge is -2.17. The molecule has 0 bridgehead atoms. The molecule has 0 spiro atoms. The molecule has 0 radical (unpaired) electrons. The van der Waals surface area contributed by atoms with Crippen molar-refractivity contribution >= 4 is 17.7 Å². The molecule has 2 N–H and O–H groups in total. The van der Waals surface area contributed by atoms with E-state index < -0.39 is 12.0 Å². The van der Waals surface area contributed by atoms with Crippen LogP contribution in [0.15, 0.2) is 29.2 Å². The number of rotatable bonds is 7. The first-order chi connectivity index (χ1) is 8.52. The first-order valence-corrected chi connectivity index (χ1v) is 6.84. The van der Waals surface area contributed by atoms with E-state index in [-0.39, 0.29) is 11.7 Å². The van der Waals surface area contributed by atoms with E-state index in [1.54, 1.807) is 18.2 Å². The van der Waals surface area contributed by atoms with Crippen LogP contribution in [0, 0.1) is 11.7 Å². The SMILES string of the molecule is CC(C)C(NCCSc1ccccc1F)C(=O)O. The lowest BCUT2D eigenvalue weighted by Crippen LogP contribution is -2.41. The van der Waals surface area contributed by atoms with Crippen LogP contribution in [0.2, 0.25) is 0 Å². The second kappa shape index (κ2) is 7.38. The molecule has 0 saturated carbocycles. The number of nitrogens with one attached hydrogen (secondary N) is 1. The highest BCUT2D eigenvalue weighted by molar-refractivity contribution is 7.99. The fourth-order valence-corrected chi connectivity index (χ4v) is 2.37. The van der Waals surface area contributed by atoms with E-state index in [1.807, 2.05) is 13.8 Å². The predicted molar refractivity (Wildman–Crippen MR) is 71.4 cm³/mol. The van der Waals surface area contributed by atoms with Crippen molar-refractivity contribution in [3.8, 4) is 0 Å². The predicted octanol–water partition coefficient (Wildman–Crippen LogP) is 2.62. The third-order valence-electron chi connectivity index (χ3n) is 2.49. The molecule has 0 amide bonds. The summed E-state index contributed by atoms with van der Waals surface area (Å²) in [6, 6.07) is 6.02. The first-order valence-electron chi connectivity index (χ1n) is 5.86. The summed E-state index contributed by atoms with van der Waals surface area (Å²) < 4.78 is 13.3. The van der Waals surface area contributed by atoms with Crippen molar-refractivity contribution in [1.29, 1.82) is 0 Å². The van der Waals surface area contributed by atoms with Crippen LogP contribution >= 0.6 is 11.8 Å². The molecule has 0 aliphatic rings. The topological polar surface area (TPSA) is 49.3 Å². The zero-order chi connectivity index (χ0) is 13.5. The number of carboxylic acid groups (broad SMARTS) is 1. The van der Waals surface area contributed by atoms with Crippen molar-refractivity contribution in [2.45, 2.75) is 24.8 Å². The normalized spacial score (nSPS) is 12.7. The summed E-state index contributed by atoms with van der Waals surface area (Å²) in [7, 11) is 0. The molecule has 1 aromatic rings. The smallest absolute Gasteiger partial charge is 0.320 e. The second-order valence-electron chi connectivity index (χ2n) is 4.29. The van der Waals surface area contributed by atoms with Crippen LogP contribution in [-0.4, -0.2) is 29.4 Å². The molecule has 0 heterocycles. The van der Waals surface area contributed by atoms with E-state index in [1.165, 1.54) is 17.8 Å². The van der Waals surface area contributed by atoms with Crippen molar-refractivity contribution in [3.63, 3.8) is 0 Å². The summed E-state index contributed by atoms with van der Waals surface area (Å²) in [5.41, 5.74) is 0. The zero-order valence-corrected chi connectivity index (χ0v) is 11.3. The Kier molecular flexibility index (Phi) is 6.15. The van der Waals surface area contributed by atoms with E-state index in [9.17, 15) is 9.18 Å². The molecule has 0 saturated heterocycles. The van der Waals surface area contributed by atoms with Gasteiger partial charge in [-0.25, -0.2) is 4.39 Å². The summed E-state index contributed by atoms with van der Waals surface area (Å²) in [6.45, 7) is 4.25. The van der Waals surface area contributed by atoms with Crippen molar-refractivity contribution < 1.29 is 14.3 Å². The van der Waals surface area contributed by atoms with E-state index in [0.717, 1.165) is 0 Å². The van der Waals surface area contributed by atoms with Gasteiger partial charge >= 0.3 is 5.97 Å². The molecule has 0 fully saturated rings. The maximum atomic E-state index is 13.3. The number of aliphatic carboxylic acids is 1. The van der Waals surface area contributed by atoms with Crippen LogP contribution in [0.4, 0.5) is 4.39 Å². The van der Waals surface area contributed by atoms with Gasteiger partial charge in [0.25, 0.3) is 0 Å². The fourth-order valence-electron chi connectivity index (χ4n) is 1.55. The Morgan fingerprint density at radius 2 is 2.11 bits per heavy atom. The number of carboxylic acids is 1.